The number of aromatic nitrogens is 2. The van der Waals surface area contributed by atoms with Crippen LogP contribution in [0.5, 0.6) is 11.5 Å². The van der Waals surface area contributed by atoms with E-state index < -0.39 is 5.97 Å². The lowest BCUT2D eigenvalue weighted by atomic mass is 10.1. The highest BCUT2D eigenvalue weighted by Crippen LogP contribution is 2.43. The Bertz CT molecular complexity index is 2470. The molecule has 0 atom stereocenters. The third-order valence-electron chi connectivity index (χ3n) is 9.68. The number of rotatable bonds is 21. The number of carboxylic acid groups (broad SMARTS) is 1. The minimum absolute atomic E-state index is 0.295. The van der Waals surface area contributed by atoms with E-state index in [4.69, 9.17) is 19.7 Å². The number of thiazole rings is 2. The van der Waals surface area contributed by atoms with Crippen molar-refractivity contribution in [2.45, 2.75) is 65.2 Å². The van der Waals surface area contributed by atoms with Crippen LogP contribution in [0.2, 0.25) is 0 Å². The minimum Gasteiger partial charge on any atom is -0.494 e. The summed E-state index contributed by atoms with van der Waals surface area (Å²) in [6.07, 6.45) is 14.5. The predicted octanol–water partition coefficient (Wildman–Crippen LogP) is 14.8. The molecule has 8 nitrogen and oxygen atoms in total. The third kappa shape index (κ3) is 11.0. The molecule has 0 amide bonds. The fourth-order valence-electron chi connectivity index (χ4n) is 6.49. The standard InChI is InChI=1S/C48H46N4O4S4/c1-3-5-7-9-27-55-38-19-15-36(16-20-38)52(37-17-21-39(22-18-37)56-28-10-8-6-4-2)35-13-11-33(12-14-35)41-25-26-43(58-41)45-32-51-47(60-45)46-50-31-44(59-46)42-24-23-40(57-42)29-34(30-49)48(53)54/h11-26,29,31-32H,3-10,27-28H2,1-2H3,(H,53,54)/b34-29-. The minimum atomic E-state index is -1.24. The van der Waals surface area contributed by atoms with Crippen molar-refractivity contribution in [3.8, 4) is 57.5 Å². The Morgan fingerprint density at radius 2 is 1.10 bits per heavy atom. The number of hydrogen-bond acceptors (Lipinski definition) is 11. The van der Waals surface area contributed by atoms with Gasteiger partial charge in [0, 0.05) is 49.0 Å². The van der Waals surface area contributed by atoms with Gasteiger partial charge in [-0.1, -0.05) is 64.5 Å². The Morgan fingerprint density at radius 1 is 0.617 bits per heavy atom. The summed E-state index contributed by atoms with van der Waals surface area (Å²) in [5.41, 5.74) is 3.98. The third-order valence-corrected chi connectivity index (χ3v) is 14.4. The number of unbranched alkanes of at least 4 members (excludes halogenated alkanes) is 6. The lowest BCUT2D eigenvalue weighted by Gasteiger charge is -2.26. The molecule has 7 aromatic rings. The van der Waals surface area contributed by atoms with Crippen LogP contribution in [0.1, 0.15) is 70.1 Å². The lowest BCUT2D eigenvalue weighted by Crippen LogP contribution is -2.10. The number of ether oxygens (including phenoxy) is 2. The molecule has 0 radical (unpaired) electrons. The van der Waals surface area contributed by atoms with Crippen molar-refractivity contribution >= 4 is 74.5 Å². The van der Waals surface area contributed by atoms with Gasteiger partial charge < -0.3 is 19.5 Å². The average molecular weight is 871 g/mol. The number of thiophene rings is 2. The van der Waals surface area contributed by atoms with E-state index in [0.717, 1.165) is 89.7 Å². The van der Waals surface area contributed by atoms with Crippen molar-refractivity contribution in [1.29, 1.82) is 5.26 Å². The van der Waals surface area contributed by atoms with Gasteiger partial charge in [0.2, 0.25) is 0 Å². The summed E-state index contributed by atoms with van der Waals surface area (Å²) in [5, 5.41) is 20.0. The number of anilines is 3. The van der Waals surface area contributed by atoms with Crippen LogP contribution in [0.3, 0.4) is 0 Å². The van der Waals surface area contributed by atoms with Gasteiger partial charge >= 0.3 is 5.97 Å². The smallest absolute Gasteiger partial charge is 0.346 e. The topological polar surface area (TPSA) is 109 Å². The first-order valence-electron chi connectivity index (χ1n) is 20.3. The van der Waals surface area contributed by atoms with E-state index >= 15 is 0 Å². The van der Waals surface area contributed by atoms with Gasteiger partial charge in [0.05, 0.1) is 23.0 Å². The zero-order valence-electron chi connectivity index (χ0n) is 33.6. The molecule has 3 aromatic carbocycles. The zero-order chi connectivity index (χ0) is 41.7. The first kappa shape index (κ1) is 42.5. The Kier molecular flexibility index (Phi) is 15.0. The highest BCUT2D eigenvalue weighted by Gasteiger charge is 2.17. The number of carbonyl (C=O) groups is 1. The molecule has 0 bridgehead atoms. The van der Waals surface area contributed by atoms with Crippen LogP contribution in [-0.2, 0) is 4.79 Å². The Morgan fingerprint density at radius 3 is 1.60 bits per heavy atom. The molecule has 0 saturated carbocycles. The molecule has 0 spiro atoms. The van der Waals surface area contributed by atoms with Crippen molar-refractivity contribution in [2.24, 2.45) is 0 Å². The van der Waals surface area contributed by atoms with E-state index in [1.54, 1.807) is 28.7 Å². The van der Waals surface area contributed by atoms with Crippen molar-refractivity contribution in [3.63, 3.8) is 0 Å². The molecule has 0 fully saturated rings. The number of nitrogens with zero attached hydrogens (tertiary/aromatic N) is 4. The maximum Gasteiger partial charge on any atom is 0.346 e. The summed E-state index contributed by atoms with van der Waals surface area (Å²) in [6.45, 7) is 5.90. The Labute approximate surface area is 367 Å². The summed E-state index contributed by atoms with van der Waals surface area (Å²) in [6, 6.07) is 35.3. The number of aliphatic carboxylic acids is 1. The fourth-order valence-corrected chi connectivity index (χ4v) is 10.5. The van der Waals surface area contributed by atoms with Crippen molar-refractivity contribution < 1.29 is 19.4 Å². The molecular weight excluding hydrogens is 825 g/mol. The van der Waals surface area contributed by atoms with Gasteiger partial charge in [0.15, 0.2) is 10.0 Å². The summed E-state index contributed by atoms with van der Waals surface area (Å²) >= 11 is 6.30. The monoisotopic (exact) mass is 870 g/mol. The highest BCUT2D eigenvalue weighted by molar-refractivity contribution is 7.28. The van der Waals surface area contributed by atoms with Crippen LogP contribution in [0.15, 0.2) is 115 Å². The van der Waals surface area contributed by atoms with Crippen LogP contribution < -0.4 is 14.4 Å². The first-order chi connectivity index (χ1) is 29.4. The fraction of sp³-hybridized carbons (Fsp3) is 0.250. The van der Waals surface area contributed by atoms with Gasteiger partial charge in [-0.25, -0.2) is 14.8 Å². The van der Waals surface area contributed by atoms with Crippen molar-refractivity contribution in [1.82, 2.24) is 9.97 Å². The molecular formula is C48H46N4O4S4. The molecule has 0 unspecified atom stereocenters. The van der Waals surface area contributed by atoms with E-state index in [-0.39, 0.29) is 5.57 Å². The number of benzene rings is 3. The van der Waals surface area contributed by atoms with E-state index in [0.29, 0.717) is 4.88 Å². The van der Waals surface area contributed by atoms with Crippen LogP contribution in [0, 0.1) is 11.3 Å². The summed E-state index contributed by atoms with van der Waals surface area (Å²) in [7, 11) is 0. The largest absolute Gasteiger partial charge is 0.494 e. The van der Waals surface area contributed by atoms with Gasteiger partial charge in [-0.2, -0.15) is 5.26 Å². The molecule has 1 N–H and O–H groups in total. The Hall–Kier alpha value is -5.58. The van der Waals surface area contributed by atoms with Crippen LogP contribution in [-0.4, -0.2) is 34.3 Å². The number of hydrogen-bond donors (Lipinski definition) is 1. The van der Waals surface area contributed by atoms with Crippen molar-refractivity contribution in [3.05, 3.63) is 120 Å². The van der Waals surface area contributed by atoms with E-state index in [1.165, 1.54) is 72.2 Å². The van der Waals surface area contributed by atoms with Gasteiger partial charge in [-0.15, -0.1) is 45.3 Å². The normalized spacial score (nSPS) is 11.4. The predicted molar refractivity (Wildman–Crippen MR) is 250 cm³/mol. The second-order valence-corrected chi connectivity index (χ2v) is 18.3. The second-order valence-electron chi connectivity index (χ2n) is 14.1. The maximum absolute atomic E-state index is 11.3. The molecule has 7 rings (SSSR count). The molecule has 0 aliphatic carbocycles. The van der Waals surface area contributed by atoms with Crippen LogP contribution in [0.4, 0.5) is 17.1 Å². The molecule has 4 aromatic heterocycles. The van der Waals surface area contributed by atoms with E-state index in [1.807, 2.05) is 24.5 Å². The summed E-state index contributed by atoms with van der Waals surface area (Å²) in [5.74, 6) is 0.527. The van der Waals surface area contributed by atoms with Crippen molar-refractivity contribution in [2.75, 3.05) is 18.1 Å². The molecule has 306 valence electrons. The first-order valence-corrected chi connectivity index (χ1v) is 23.5. The summed E-state index contributed by atoms with van der Waals surface area (Å²) in [4.78, 5) is 28.9. The van der Waals surface area contributed by atoms with E-state index in [9.17, 15) is 9.90 Å². The molecule has 12 heteroatoms. The number of carboxylic acids is 1. The van der Waals surface area contributed by atoms with Gasteiger partial charge in [-0.05, 0) is 109 Å². The molecule has 0 saturated heterocycles. The highest BCUT2D eigenvalue weighted by atomic mass is 32.1. The van der Waals surface area contributed by atoms with Gasteiger partial charge in [-0.3, -0.25) is 0 Å². The van der Waals surface area contributed by atoms with E-state index in [2.05, 4.69) is 109 Å². The Balaban J connectivity index is 1.05. The average Bonchev–Trinajstić information content (AvgIpc) is 4.12. The molecule has 60 heavy (non-hydrogen) atoms. The van der Waals surface area contributed by atoms with Crippen LogP contribution in [0.25, 0.3) is 46.0 Å². The maximum atomic E-state index is 11.3. The second kappa shape index (κ2) is 21.1. The quantitative estimate of drug-likeness (QED) is 0.0432. The SMILES string of the molecule is CCCCCCOc1ccc(N(c2ccc(OCCCCCC)cc2)c2ccc(-c3ccc(-c4cnc(-c5ncc(-c6ccc(/C=C(/C#N)C(=O)O)s6)s5)s4)s3)cc2)cc1. The summed E-state index contributed by atoms with van der Waals surface area (Å²) < 4.78 is 12.1. The zero-order valence-corrected chi connectivity index (χ0v) is 36.9. The molecule has 0 aliphatic rings. The van der Waals surface area contributed by atoms with Gasteiger partial charge in [0.1, 0.15) is 23.1 Å². The lowest BCUT2D eigenvalue weighted by molar-refractivity contribution is -0.132. The molecule has 4 heterocycles. The van der Waals surface area contributed by atoms with Crippen LogP contribution >= 0.6 is 45.3 Å². The molecule has 0 aliphatic heterocycles. The van der Waals surface area contributed by atoms with Gasteiger partial charge in [0.25, 0.3) is 0 Å². The number of nitriles is 1.